The summed E-state index contributed by atoms with van der Waals surface area (Å²) >= 11 is 0. The van der Waals surface area contributed by atoms with E-state index < -0.39 is 0 Å². The van der Waals surface area contributed by atoms with Crippen molar-refractivity contribution in [3.8, 4) is 0 Å². The zero-order valence-corrected chi connectivity index (χ0v) is 10.9. The fourth-order valence-corrected chi connectivity index (χ4v) is 2.19. The van der Waals surface area contributed by atoms with Crippen molar-refractivity contribution in [2.75, 3.05) is 17.3 Å². The lowest BCUT2D eigenvalue weighted by atomic mass is 9.99. The summed E-state index contributed by atoms with van der Waals surface area (Å²) in [7, 11) is 1.86. The Hall–Kier alpha value is -1.51. The van der Waals surface area contributed by atoms with Crippen LogP contribution in [-0.2, 0) is 4.79 Å². The van der Waals surface area contributed by atoms with Gasteiger partial charge in [-0.2, -0.15) is 0 Å². The highest BCUT2D eigenvalue weighted by molar-refractivity contribution is 6.04. The maximum Gasteiger partial charge on any atom is 0.249 e. The number of carbonyl (C=O) groups excluding carboxylic acids is 1. The molecule has 0 saturated heterocycles. The van der Waals surface area contributed by atoms with Gasteiger partial charge in [0, 0.05) is 7.05 Å². The molecule has 1 atom stereocenters. The van der Waals surface area contributed by atoms with Gasteiger partial charge in [0.2, 0.25) is 5.91 Å². The minimum atomic E-state index is -0.0857. The number of nitrogens with zero attached hydrogens (tertiary/aromatic N) is 1. The SMILES string of the molecule is CCC1Nc2ccc(C(C)C)cc2N(C)C1=O. The monoisotopic (exact) mass is 232 g/mol. The summed E-state index contributed by atoms with van der Waals surface area (Å²) in [5.41, 5.74) is 3.31. The molecule has 3 nitrogen and oxygen atoms in total. The van der Waals surface area contributed by atoms with E-state index in [4.69, 9.17) is 0 Å². The number of benzene rings is 1. The van der Waals surface area contributed by atoms with Crippen LogP contribution in [0.5, 0.6) is 0 Å². The number of nitrogens with one attached hydrogen (secondary N) is 1. The van der Waals surface area contributed by atoms with Crippen molar-refractivity contribution in [2.45, 2.75) is 39.2 Å². The van der Waals surface area contributed by atoms with E-state index >= 15 is 0 Å². The maximum atomic E-state index is 12.1. The average molecular weight is 232 g/mol. The van der Waals surface area contributed by atoms with Gasteiger partial charge in [0.25, 0.3) is 0 Å². The maximum absolute atomic E-state index is 12.1. The van der Waals surface area contributed by atoms with Gasteiger partial charge in [0.1, 0.15) is 6.04 Å². The number of hydrogen-bond acceptors (Lipinski definition) is 2. The first-order chi connectivity index (χ1) is 8.04. The van der Waals surface area contributed by atoms with Crippen LogP contribution >= 0.6 is 0 Å². The second-order valence-corrected chi connectivity index (χ2v) is 4.93. The first-order valence-corrected chi connectivity index (χ1v) is 6.22. The van der Waals surface area contributed by atoms with Gasteiger partial charge in [-0.25, -0.2) is 0 Å². The van der Waals surface area contributed by atoms with Crippen molar-refractivity contribution in [1.29, 1.82) is 0 Å². The quantitative estimate of drug-likeness (QED) is 0.850. The van der Waals surface area contributed by atoms with E-state index in [2.05, 4.69) is 37.4 Å². The Morgan fingerprint density at radius 2 is 2.12 bits per heavy atom. The van der Waals surface area contributed by atoms with Gasteiger partial charge in [-0.15, -0.1) is 0 Å². The molecule has 1 aliphatic heterocycles. The van der Waals surface area contributed by atoms with Crippen molar-refractivity contribution >= 4 is 17.3 Å². The van der Waals surface area contributed by atoms with Crippen LogP contribution in [0.2, 0.25) is 0 Å². The van der Waals surface area contributed by atoms with E-state index in [1.807, 2.05) is 14.0 Å². The van der Waals surface area contributed by atoms with E-state index in [0.717, 1.165) is 17.8 Å². The topological polar surface area (TPSA) is 32.3 Å². The molecule has 0 saturated carbocycles. The highest BCUT2D eigenvalue weighted by atomic mass is 16.2. The molecule has 1 N–H and O–H groups in total. The van der Waals surface area contributed by atoms with Crippen LogP contribution in [0, 0.1) is 0 Å². The van der Waals surface area contributed by atoms with Crippen molar-refractivity contribution in [3.05, 3.63) is 23.8 Å². The number of fused-ring (bicyclic) bond motifs is 1. The molecule has 1 aromatic carbocycles. The molecule has 1 heterocycles. The third-order valence-electron chi connectivity index (χ3n) is 3.42. The zero-order valence-electron chi connectivity index (χ0n) is 10.9. The number of anilines is 2. The van der Waals surface area contributed by atoms with Gasteiger partial charge in [0.15, 0.2) is 0 Å². The Labute approximate surface area is 103 Å². The van der Waals surface area contributed by atoms with Crippen LogP contribution in [0.25, 0.3) is 0 Å². The van der Waals surface area contributed by atoms with Gasteiger partial charge in [-0.3, -0.25) is 4.79 Å². The molecule has 0 spiro atoms. The summed E-state index contributed by atoms with van der Waals surface area (Å²) in [4.78, 5) is 13.8. The van der Waals surface area contributed by atoms with Crippen LogP contribution in [-0.4, -0.2) is 19.0 Å². The zero-order chi connectivity index (χ0) is 12.6. The van der Waals surface area contributed by atoms with Crippen LogP contribution in [0.1, 0.15) is 38.7 Å². The molecule has 0 aliphatic carbocycles. The van der Waals surface area contributed by atoms with Crippen molar-refractivity contribution < 1.29 is 4.79 Å². The molecular formula is C14H20N2O. The molecule has 0 bridgehead atoms. The number of rotatable bonds is 2. The van der Waals surface area contributed by atoms with Gasteiger partial charge in [0.05, 0.1) is 11.4 Å². The van der Waals surface area contributed by atoms with Crippen molar-refractivity contribution in [2.24, 2.45) is 0 Å². The number of carbonyl (C=O) groups is 1. The molecule has 0 radical (unpaired) electrons. The molecule has 3 heteroatoms. The minimum absolute atomic E-state index is 0.0857. The third-order valence-corrected chi connectivity index (χ3v) is 3.42. The van der Waals surface area contributed by atoms with Crippen LogP contribution in [0.3, 0.4) is 0 Å². The molecule has 0 fully saturated rings. The molecule has 1 unspecified atom stereocenters. The standard InChI is InChI=1S/C14H20N2O/c1-5-11-14(17)16(4)13-8-10(9(2)3)6-7-12(13)15-11/h6-9,11,15H,5H2,1-4H3. The largest absolute Gasteiger partial charge is 0.372 e. The molecule has 17 heavy (non-hydrogen) atoms. The first kappa shape index (κ1) is 12.0. The predicted molar refractivity (Wildman–Crippen MR) is 71.6 cm³/mol. The molecule has 2 rings (SSSR count). The summed E-state index contributed by atoms with van der Waals surface area (Å²) in [6.45, 7) is 6.35. The number of amides is 1. The van der Waals surface area contributed by atoms with E-state index in [1.165, 1.54) is 5.56 Å². The van der Waals surface area contributed by atoms with Gasteiger partial charge in [-0.1, -0.05) is 26.8 Å². The summed E-state index contributed by atoms with van der Waals surface area (Å²) in [6, 6.07) is 6.23. The normalized spacial score (nSPS) is 19.2. The fourth-order valence-electron chi connectivity index (χ4n) is 2.19. The van der Waals surface area contributed by atoms with Gasteiger partial charge in [-0.05, 0) is 30.0 Å². The lowest BCUT2D eigenvalue weighted by molar-refractivity contribution is -0.119. The van der Waals surface area contributed by atoms with E-state index in [-0.39, 0.29) is 11.9 Å². The lowest BCUT2D eigenvalue weighted by Gasteiger charge is -2.33. The summed E-state index contributed by atoms with van der Waals surface area (Å²) in [5, 5.41) is 3.30. The molecular weight excluding hydrogens is 212 g/mol. The lowest BCUT2D eigenvalue weighted by Crippen LogP contribution is -2.44. The molecule has 0 aromatic heterocycles. The first-order valence-electron chi connectivity index (χ1n) is 6.22. The minimum Gasteiger partial charge on any atom is -0.372 e. The number of likely N-dealkylation sites (N-methyl/N-ethyl adjacent to an activating group) is 1. The van der Waals surface area contributed by atoms with Crippen LogP contribution in [0.15, 0.2) is 18.2 Å². The predicted octanol–water partition coefficient (Wildman–Crippen LogP) is 2.98. The molecule has 1 aromatic rings. The van der Waals surface area contributed by atoms with Crippen LogP contribution < -0.4 is 10.2 Å². The van der Waals surface area contributed by atoms with Crippen LogP contribution in [0.4, 0.5) is 11.4 Å². The highest BCUT2D eigenvalue weighted by Gasteiger charge is 2.28. The third kappa shape index (κ3) is 2.02. The second kappa shape index (κ2) is 4.40. The molecule has 92 valence electrons. The Bertz CT molecular complexity index is 440. The molecule has 1 aliphatic rings. The Morgan fingerprint density at radius 3 is 2.71 bits per heavy atom. The highest BCUT2D eigenvalue weighted by Crippen LogP contribution is 2.33. The Kier molecular flexibility index (Phi) is 3.09. The summed E-state index contributed by atoms with van der Waals surface area (Å²) < 4.78 is 0. The average Bonchev–Trinajstić information content (AvgIpc) is 2.33. The van der Waals surface area contributed by atoms with Gasteiger partial charge >= 0.3 is 0 Å². The van der Waals surface area contributed by atoms with E-state index in [1.54, 1.807) is 4.90 Å². The van der Waals surface area contributed by atoms with Crippen molar-refractivity contribution in [1.82, 2.24) is 0 Å². The fraction of sp³-hybridized carbons (Fsp3) is 0.500. The molecule has 1 amide bonds. The summed E-state index contributed by atoms with van der Waals surface area (Å²) in [6.07, 6.45) is 0.814. The second-order valence-electron chi connectivity index (χ2n) is 4.93. The van der Waals surface area contributed by atoms with Gasteiger partial charge < -0.3 is 10.2 Å². The summed E-state index contributed by atoms with van der Waals surface area (Å²) in [5.74, 6) is 0.633. The van der Waals surface area contributed by atoms with Crippen molar-refractivity contribution in [3.63, 3.8) is 0 Å². The van der Waals surface area contributed by atoms with E-state index in [9.17, 15) is 4.79 Å². The Balaban J connectivity index is 2.43. The number of hydrogen-bond donors (Lipinski definition) is 1. The van der Waals surface area contributed by atoms with E-state index in [0.29, 0.717) is 5.92 Å². The smallest absolute Gasteiger partial charge is 0.249 e. The Morgan fingerprint density at radius 1 is 1.41 bits per heavy atom.